The van der Waals surface area contributed by atoms with Gasteiger partial charge in [-0.2, -0.15) is 0 Å². The second kappa shape index (κ2) is 5.83. The summed E-state index contributed by atoms with van der Waals surface area (Å²) in [6.45, 7) is 0. The number of phenolic OH excluding ortho intramolecular Hbond substituents is 1. The van der Waals surface area contributed by atoms with Crippen LogP contribution in [0.15, 0.2) is 47.5 Å². The van der Waals surface area contributed by atoms with E-state index in [0.717, 1.165) is 0 Å². The lowest BCUT2D eigenvalue weighted by Gasteiger charge is -2.04. The van der Waals surface area contributed by atoms with E-state index in [9.17, 15) is 15.2 Å². The Hall–Kier alpha value is -2.89. The average Bonchev–Trinajstić information content (AvgIpc) is 2.46. The predicted octanol–water partition coefficient (Wildman–Crippen LogP) is 3.06. The molecular weight excluding hydrogens is 260 g/mol. The monoisotopic (exact) mass is 272 g/mol. The summed E-state index contributed by atoms with van der Waals surface area (Å²) in [5, 5.41) is 20.5. The first kappa shape index (κ1) is 13.5. The standard InChI is InChI=1S/C14H12N2O4/c1-20-13-7-2-4-10(14(13)17)9-15-11-5-3-6-12(8-11)16(18)19/h2-9,17H,1H3. The number of rotatable bonds is 4. The van der Waals surface area contributed by atoms with Gasteiger partial charge < -0.3 is 9.84 Å². The van der Waals surface area contributed by atoms with E-state index in [1.165, 1.54) is 25.5 Å². The number of para-hydroxylation sites is 1. The van der Waals surface area contributed by atoms with Gasteiger partial charge in [0.25, 0.3) is 5.69 Å². The molecule has 2 aromatic rings. The predicted molar refractivity (Wildman–Crippen MR) is 75.0 cm³/mol. The van der Waals surface area contributed by atoms with Crippen LogP contribution in [0.25, 0.3) is 0 Å². The Labute approximate surface area is 115 Å². The lowest BCUT2D eigenvalue weighted by molar-refractivity contribution is -0.384. The molecule has 0 radical (unpaired) electrons. The van der Waals surface area contributed by atoms with Gasteiger partial charge in [0.2, 0.25) is 0 Å². The van der Waals surface area contributed by atoms with Crippen molar-refractivity contribution in [1.29, 1.82) is 0 Å². The first-order valence-electron chi connectivity index (χ1n) is 5.76. The van der Waals surface area contributed by atoms with Crippen LogP contribution in [0.3, 0.4) is 0 Å². The van der Waals surface area contributed by atoms with Crippen molar-refractivity contribution in [3.05, 3.63) is 58.1 Å². The Balaban J connectivity index is 2.30. The average molecular weight is 272 g/mol. The molecular formula is C14H12N2O4. The van der Waals surface area contributed by atoms with E-state index >= 15 is 0 Å². The number of aliphatic imine (C=N–C) groups is 1. The number of nitrogens with zero attached hydrogens (tertiary/aromatic N) is 2. The third-order valence-electron chi connectivity index (χ3n) is 2.64. The summed E-state index contributed by atoms with van der Waals surface area (Å²) in [7, 11) is 1.45. The number of nitro groups is 1. The minimum absolute atomic E-state index is 0.0239. The van der Waals surface area contributed by atoms with Crippen molar-refractivity contribution >= 4 is 17.6 Å². The first-order chi connectivity index (χ1) is 9.61. The summed E-state index contributed by atoms with van der Waals surface area (Å²) in [4.78, 5) is 14.3. The molecule has 20 heavy (non-hydrogen) atoms. The first-order valence-corrected chi connectivity index (χ1v) is 5.76. The molecule has 102 valence electrons. The third-order valence-corrected chi connectivity index (χ3v) is 2.64. The molecule has 0 aliphatic heterocycles. The highest BCUT2D eigenvalue weighted by Gasteiger charge is 2.06. The van der Waals surface area contributed by atoms with Gasteiger partial charge in [-0.25, -0.2) is 0 Å². The van der Waals surface area contributed by atoms with E-state index in [1.54, 1.807) is 30.3 Å². The Morgan fingerprint density at radius 1 is 1.30 bits per heavy atom. The smallest absolute Gasteiger partial charge is 0.271 e. The quantitative estimate of drug-likeness (QED) is 0.526. The molecule has 6 nitrogen and oxygen atoms in total. The summed E-state index contributed by atoms with van der Waals surface area (Å²) < 4.78 is 4.99. The van der Waals surface area contributed by atoms with Gasteiger partial charge in [0.15, 0.2) is 11.5 Å². The van der Waals surface area contributed by atoms with E-state index in [2.05, 4.69) is 4.99 Å². The third kappa shape index (κ3) is 2.92. The summed E-state index contributed by atoms with van der Waals surface area (Å²) in [6.07, 6.45) is 1.43. The molecule has 0 aromatic heterocycles. The van der Waals surface area contributed by atoms with E-state index in [0.29, 0.717) is 17.0 Å². The molecule has 2 rings (SSSR count). The van der Waals surface area contributed by atoms with Crippen molar-refractivity contribution in [2.45, 2.75) is 0 Å². The molecule has 0 saturated heterocycles. The van der Waals surface area contributed by atoms with Crippen LogP contribution < -0.4 is 4.74 Å². The Bertz CT molecular complexity index is 668. The summed E-state index contributed by atoms with van der Waals surface area (Å²) >= 11 is 0. The number of aromatic hydroxyl groups is 1. The molecule has 0 aliphatic carbocycles. The highest BCUT2D eigenvalue weighted by atomic mass is 16.6. The minimum atomic E-state index is -0.484. The molecule has 0 fully saturated rings. The highest BCUT2D eigenvalue weighted by Crippen LogP contribution is 2.28. The van der Waals surface area contributed by atoms with Crippen LogP contribution in [0.4, 0.5) is 11.4 Å². The summed E-state index contributed by atoms with van der Waals surface area (Å²) in [6, 6.07) is 10.9. The lowest BCUT2D eigenvalue weighted by atomic mass is 10.2. The maximum Gasteiger partial charge on any atom is 0.271 e. The van der Waals surface area contributed by atoms with Crippen molar-refractivity contribution < 1.29 is 14.8 Å². The van der Waals surface area contributed by atoms with Gasteiger partial charge in [0.1, 0.15) is 0 Å². The van der Waals surface area contributed by atoms with Gasteiger partial charge in [0.05, 0.1) is 17.7 Å². The normalized spacial score (nSPS) is 10.7. The topological polar surface area (TPSA) is 85.0 Å². The molecule has 0 bridgehead atoms. The maximum atomic E-state index is 10.7. The lowest BCUT2D eigenvalue weighted by Crippen LogP contribution is -1.88. The minimum Gasteiger partial charge on any atom is -0.504 e. The number of benzene rings is 2. The maximum absolute atomic E-state index is 10.7. The number of hydrogen-bond donors (Lipinski definition) is 1. The van der Waals surface area contributed by atoms with Crippen molar-refractivity contribution in [3.8, 4) is 11.5 Å². The van der Waals surface area contributed by atoms with E-state index < -0.39 is 4.92 Å². The van der Waals surface area contributed by atoms with Crippen molar-refractivity contribution in [2.75, 3.05) is 7.11 Å². The molecule has 0 saturated carbocycles. The molecule has 0 spiro atoms. The fourth-order valence-electron chi connectivity index (χ4n) is 1.64. The molecule has 0 heterocycles. The van der Waals surface area contributed by atoms with Crippen molar-refractivity contribution in [3.63, 3.8) is 0 Å². The van der Waals surface area contributed by atoms with Crippen molar-refractivity contribution in [1.82, 2.24) is 0 Å². The van der Waals surface area contributed by atoms with Crippen LogP contribution in [-0.2, 0) is 0 Å². The highest BCUT2D eigenvalue weighted by molar-refractivity contribution is 5.86. The summed E-state index contributed by atoms with van der Waals surface area (Å²) in [5.41, 5.74) is 0.867. The zero-order valence-electron chi connectivity index (χ0n) is 10.7. The SMILES string of the molecule is COc1cccc(C=Nc2cccc([N+](=O)[O-])c2)c1O. The summed E-state index contributed by atoms with van der Waals surface area (Å²) in [5.74, 6) is 0.317. The van der Waals surface area contributed by atoms with Gasteiger partial charge in [-0.1, -0.05) is 12.1 Å². The van der Waals surface area contributed by atoms with Gasteiger partial charge in [-0.05, 0) is 18.2 Å². The number of methoxy groups -OCH3 is 1. The molecule has 0 unspecified atom stereocenters. The van der Waals surface area contributed by atoms with Crippen LogP contribution in [0.2, 0.25) is 0 Å². The number of non-ortho nitro benzene ring substituents is 1. The molecule has 1 N–H and O–H groups in total. The van der Waals surface area contributed by atoms with Gasteiger partial charge >= 0.3 is 0 Å². The number of nitro benzene ring substituents is 1. The number of phenols is 1. The Morgan fingerprint density at radius 2 is 2.05 bits per heavy atom. The Morgan fingerprint density at radius 3 is 2.75 bits per heavy atom. The largest absolute Gasteiger partial charge is 0.504 e. The fraction of sp³-hybridized carbons (Fsp3) is 0.0714. The van der Waals surface area contributed by atoms with Crippen LogP contribution in [0, 0.1) is 10.1 Å². The molecule has 0 atom stereocenters. The van der Waals surface area contributed by atoms with Crippen LogP contribution in [-0.4, -0.2) is 23.4 Å². The van der Waals surface area contributed by atoms with Gasteiger partial charge in [-0.3, -0.25) is 15.1 Å². The zero-order chi connectivity index (χ0) is 14.5. The number of ether oxygens (including phenoxy) is 1. The van der Waals surface area contributed by atoms with E-state index in [1.807, 2.05) is 0 Å². The van der Waals surface area contributed by atoms with E-state index in [-0.39, 0.29) is 11.4 Å². The van der Waals surface area contributed by atoms with Gasteiger partial charge in [0, 0.05) is 23.9 Å². The molecule has 6 heteroatoms. The zero-order valence-corrected chi connectivity index (χ0v) is 10.7. The molecule has 0 aliphatic rings. The molecule has 2 aromatic carbocycles. The van der Waals surface area contributed by atoms with Crippen LogP contribution in [0.1, 0.15) is 5.56 Å². The number of hydrogen-bond acceptors (Lipinski definition) is 5. The van der Waals surface area contributed by atoms with E-state index in [4.69, 9.17) is 4.74 Å². The fourth-order valence-corrected chi connectivity index (χ4v) is 1.64. The van der Waals surface area contributed by atoms with Gasteiger partial charge in [-0.15, -0.1) is 0 Å². The Kier molecular flexibility index (Phi) is 3.95. The van der Waals surface area contributed by atoms with Crippen LogP contribution in [0.5, 0.6) is 11.5 Å². The van der Waals surface area contributed by atoms with Crippen molar-refractivity contribution in [2.24, 2.45) is 4.99 Å². The van der Waals surface area contributed by atoms with Crippen LogP contribution >= 0.6 is 0 Å². The second-order valence-electron chi connectivity index (χ2n) is 3.93. The molecule has 0 amide bonds. The second-order valence-corrected chi connectivity index (χ2v) is 3.93.